The summed E-state index contributed by atoms with van der Waals surface area (Å²) in [6.07, 6.45) is 0.896. The SMILES string of the molecule is [Cl][Sn]([Cl])([Cl])[CH2]Cc1ccccc1. The Labute approximate surface area is 87.8 Å². The summed E-state index contributed by atoms with van der Waals surface area (Å²) < 4.78 is 0.767. The zero-order valence-corrected chi connectivity index (χ0v) is 11.6. The van der Waals surface area contributed by atoms with Crippen molar-refractivity contribution in [1.29, 1.82) is 0 Å². The predicted octanol–water partition coefficient (Wildman–Crippen LogP) is 3.88. The third kappa shape index (κ3) is 4.80. The molecule has 0 aliphatic rings. The van der Waals surface area contributed by atoms with Crippen molar-refractivity contribution in [2.45, 2.75) is 10.9 Å². The average Bonchev–Trinajstić information content (AvgIpc) is 2.02. The van der Waals surface area contributed by atoms with Gasteiger partial charge in [0.05, 0.1) is 0 Å². The Morgan fingerprint density at radius 1 is 1.00 bits per heavy atom. The van der Waals surface area contributed by atoms with Gasteiger partial charge in [-0.3, -0.25) is 0 Å². The normalized spacial score (nSPS) is 11.6. The molecule has 0 radical (unpaired) electrons. The Balaban J connectivity index is 2.44. The van der Waals surface area contributed by atoms with Crippen molar-refractivity contribution in [3.63, 3.8) is 0 Å². The Kier molecular flexibility index (Phi) is 4.52. The molecule has 0 nitrogen and oxygen atoms in total. The molecule has 0 atom stereocenters. The minimum absolute atomic E-state index is 0.767. The van der Waals surface area contributed by atoms with Crippen LogP contribution >= 0.6 is 26.8 Å². The van der Waals surface area contributed by atoms with Crippen molar-refractivity contribution >= 4 is 41.8 Å². The van der Waals surface area contributed by atoms with Gasteiger partial charge in [0, 0.05) is 0 Å². The zero-order valence-electron chi connectivity index (χ0n) is 6.43. The average molecular weight is 330 g/mol. The van der Waals surface area contributed by atoms with Gasteiger partial charge in [0.1, 0.15) is 0 Å². The van der Waals surface area contributed by atoms with Gasteiger partial charge in [-0.1, -0.05) is 0 Å². The molecule has 0 heterocycles. The Bertz CT molecular complexity index is 230. The van der Waals surface area contributed by atoms with E-state index in [0.717, 1.165) is 10.9 Å². The molecular weight excluding hydrogens is 321 g/mol. The fourth-order valence-electron chi connectivity index (χ4n) is 0.931. The first-order valence-corrected chi connectivity index (χ1v) is 16.5. The van der Waals surface area contributed by atoms with E-state index in [1.807, 2.05) is 18.2 Å². The maximum atomic E-state index is 5.82. The molecule has 0 aliphatic heterocycles. The van der Waals surface area contributed by atoms with Gasteiger partial charge in [0.2, 0.25) is 0 Å². The van der Waals surface area contributed by atoms with Gasteiger partial charge in [0.25, 0.3) is 0 Å². The molecule has 0 fully saturated rings. The fraction of sp³-hybridized carbons (Fsp3) is 0.250. The first kappa shape index (κ1) is 11.0. The van der Waals surface area contributed by atoms with E-state index < -0.39 is 15.0 Å². The molecule has 1 aromatic rings. The van der Waals surface area contributed by atoms with Crippen LogP contribution in [0.15, 0.2) is 30.3 Å². The monoisotopic (exact) mass is 330 g/mol. The summed E-state index contributed by atoms with van der Waals surface area (Å²) in [5.74, 6) is 0. The van der Waals surface area contributed by atoms with E-state index in [4.69, 9.17) is 26.8 Å². The number of hydrogen-bond donors (Lipinski definition) is 0. The molecule has 1 aromatic carbocycles. The molecule has 0 saturated carbocycles. The van der Waals surface area contributed by atoms with Crippen molar-refractivity contribution < 1.29 is 0 Å². The number of benzene rings is 1. The van der Waals surface area contributed by atoms with E-state index in [0.29, 0.717) is 0 Å². The van der Waals surface area contributed by atoms with Crippen LogP contribution in [0, 0.1) is 0 Å². The van der Waals surface area contributed by atoms with Crippen LogP contribution in [0.4, 0.5) is 0 Å². The number of halogens is 3. The van der Waals surface area contributed by atoms with Gasteiger partial charge >= 0.3 is 88.5 Å². The maximum absolute atomic E-state index is 5.82. The topological polar surface area (TPSA) is 0 Å². The van der Waals surface area contributed by atoms with E-state index in [2.05, 4.69) is 12.1 Å². The summed E-state index contributed by atoms with van der Waals surface area (Å²) in [5, 5.41) is 0. The quantitative estimate of drug-likeness (QED) is 0.738. The van der Waals surface area contributed by atoms with Crippen LogP contribution in [0.1, 0.15) is 5.56 Å². The third-order valence-corrected chi connectivity index (χ3v) is 7.67. The zero-order chi connectivity index (χ0) is 9.03. The van der Waals surface area contributed by atoms with Gasteiger partial charge in [-0.25, -0.2) is 0 Å². The molecule has 4 heteroatoms. The molecule has 0 saturated heterocycles. The van der Waals surface area contributed by atoms with Gasteiger partial charge in [-0.15, -0.1) is 0 Å². The van der Waals surface area contributed by atoms with Crippen LogP contribution in [0.3, 0.4) is 0 Å². The first-order valence-electron chi connectivity index (χ1n) is 3.68. The molecule has 0 amide bonds. The van der Waals surface area contributed by atoms with Crippen LogP contribution in [0.25, 0.3) is 0 Å². The number of hydrogen-bond acceptors (Lipinski definition) is 0. The number of aryl methyl sites for hydroxylation is 1. The molecule has 0 spiro atoms. The molecule has 0 unspecified atom stereocenters. The molecule has 12 heavy (non-hydrogen) atoms. The molecule has 0 bridgehead atoms. The first-order chi connectivity index (χ1) is 5.58. The third-order valence-electron chi connectivity index (χ3n) is 1.54. The Morgan fingerprint density at radius 2 is 1.58 bits per heavy atom. The molecule has 66 valence electrons. The van der Waals surface area contributed by atoms with E-state index in [9.17, 15) is 0 Å². The standard InChI is InChI=1S/C8H9.3ClH.Sn/c1-2-8-6-4-3-5-7-8;;;;/h3-7H,1-2H2;3*1H;/q;;;;+3/p-3. The molecule has 0 aromatic heterocycles. The van der Waals surface area contributed by atoms with Crippen molar-refractivity contribution in [1.82, 2.24) is 0 Å². The molecular formula is C8H9Cl3Sn. The molecule has 0 N–H and O–H groups in total. The van der Waals surface area contributed by atoms with Gasteiger partial charge in [-0.2, -0.15) is 0 Å². The van der Waals surface area contributed by atoms with Crippen molar-refractivity contribution in [2.24, 2.45) is 0 Å². The van der Waals surface area contributed by atoms with Gasteiger partial charge < -0.3 is 0 Å². The summed E-state index contributed by atoms with van der Waals surface area (Å²) in [7, 11) is 17.5. The summed E-state index contributed by atoms with van der Waals surface area (Å²) in [5.41, 5.74) is 1.25. The van der Waals surface area contributed by atoms with Crippen LogP contribution in [0.5, 0.6) is 0 Å². The van der Waals surface area contributed by atoms with Crippen molar-refractivity contribution in [3.8, 4) is 0 Å². The van der Waals surface area contributed by atoms with E-state index >= 15 is 0 Å². The van der Waals surface area contributed by atoms with Crippen molar-refractivity contribution in [2.75, 3.05) is 0 Å². The van der Waals surface area contributed by atoms with Gasteiger partial charge in [-0.05, 0) is 0 Å². The van der Waals surface area contributed by atoms with Gasteiger partial charge in [0.15, 0.2) is 0 Å². The van der Waals surface area contributed by atoms with E-state index in [1.165, 1.54) is 5.56 Å². The van der Waals surface area contributed by atoms with Crippen LogP contribution in [0.2, 0.25) is 4.44 Å². The van der Waals surface area contributed by atoms with Crippen LogP contribution < -0.4 is 0 Å². The molecule has 0 aliphatic carbocycles. The summed E-state index contributed by atoms with van der Waals surface area (Å²) in [4.78, 5) is 0. The second-order valence-electron chi connectivity index (χ2n) is 2.60. The van der Waals surface area contributed by atoms with Crippen molar-refractivity contribution in [3.05, 3.63) is 35.9 Å². The van der Waals surface area contributed by atoms with E-state index in [-0.39, 0.29) is 0 Å². The minimum atomic E-state index is -3.09. The summed E-state index contributed by atoms with van der Waals surface area (Å²) in [6.45, 7) is 0. The van der Waals surface area contributed by atoms with E-state index in [1.54, 1.807) is 0 Å². The second kappa shape index (κ2) is 4.94. The Hall–Kier alpha value is 0.889. The summed E-state index contributed by atoms with van der Waals surface area (Å²) in [6, 6.07) is 10.1. The summed E-state index contributed by atoms with van der Waals surface area (Å²) >= 11 is -3.09. The molecule has 1 rings (SSSR count). The second-order valence-corrected chi connectivity index (χ2v) is 24.4. The predicted molar refractivity (Wildman–Crippen MR) is 58.3 cm³/mol. The van der Waals surface area contributed by atoms with Crippen LogP contribution in [-0.2, 0) is 6.42 Å². The number of rotatable bonds is 3. The fourth-order valence-corrected chi connectivity index (χ4v) is 4.47. The Morgan fingerprint density at radius 3 is 2.08 bits per heavy atom. The van der Waals surface area contributed by atoms with Crippen LogP contribution in [-0.4, -0.2) is 15.0 Å².